The van der Waals surface area contributed by atoms with E-state index in [0.717, 1.165) is 37.2 Å². The Labute approximate surface area is 179 Å². The van der Waals surface area contributed by atoms with Crippen LogP contribution in [0.4, 0.5) is 5.69 Å². The van der Waals surface area contributed by atoms with Crippen molar-refractivity contribution in [1.29, 1.82) is 0 Å². The molecule has 2 aromatic carbocycles. The Hall–Kier alpha value is -2.53. The third-order valence-electron chi connectivity index (χ3n) is 6.43. The van der Waals surface area contributed by atoms with Crippen LogP contribution in [0.2, 0.25) is 0 Å². The molecule has 5 nitrogen and oxygen atoms in total. The van der Waals surface area contributed by atoms with Gasteiger partial charge in [-0.2, -0.15) is 0 Å². The maximum Gasteiger partial charge on any atom is 0.347 e. The Bertz CT molecular complexity index is 912. The Morgan fingerprint density at radius 3 is 2.70 bits per heavy atom. The van der Waals surface area contributed by atoms with E-state index in [0.29, 0.717) is 35.6 Å². The van der Waals surface area contributed by atoms with Gasteiger partial charge in [0.25, 0.3) is 0 Å². The number of benzene rings is 2. The molecule has 2 heterocycles. The summed E-state index contributed by atoms with van der Waals surface area (Å²) in [6.45, 7) is 6.87. The molecule has 5 heteroatoms. The molecule has 2 aliphatic rings. The van der Waals surface area contributed by atoms with Gasteiger partial charge < -0.3 is 14.4 Å². The summed E-state index contributed by atoms with van der Waals surface area (Å²) < 4.78 is 11.9. The van der Waals surface area contributed by atoms with Crippen molar-refractivity contribution in [3.8, 4) is 11.5 Å². The summed E-state index contributed by atoms with van der Waals surface area (Å²) >= 11 is 0. The molecule has 0 radical (unpaired) electrons. The third kappa shape index (κ3) is 3.79. The second-order valence-electron chi connectivity index (χ2n) is 8.57. The molecule has 1 saturated heterocycles. The first-order chi connectivity index (χ1) is 14.5. The lowest BCUT2D eigenvalue weighted by atomic mass is 9.85. The number of carbonyl (C=O) groups is 1. The zero-order valence-corrected chi connectivity index (χ0v) is 18.5. The van der Waals surface area contributed by atoms with Gasteiger partial charge in [-0.3, -0.25) is 4.90 Å². The van der Waals surface area contributed by atoms with E-state index in [-0.39, 0.29) is 5.97 Å². The number of unbranched alkanes of at least 4 members (excludes halogenated alkanes) is 1. The summed E-state index contributed by atoms with van der Waals surface area (Å²) in [6.07, 6.45) is 3.20. The molecule has 4 rings (SSSR count). The lowest BCUT2D eigenvalue weighted by Crippen LogP contribution is -2.37. The van der Waals surface area contributed by atoms with Crippen LogP contribution >= 0.6 is 0 Å². The smallest absolute Gasteiger partial charge is 0.347 e. The molecule has 0 aliphatic carbocycles. The number of carbonyl (C=O) groups excluding carboxylic acids is 1. The van der Waals surface area contributed by atoms with Crippen LogP contribution in [0, 0.1) is 12.8 Å². The minimum atomic E-state index is -0.358. The molecular formula is C25H32N2O3. The number of hydrogen-bond acceptors (Lipinski definition) is 5. The largest absolute Gasteiger partial charge is 0.493 e. The minimum Gasteiger partial charge on any atom is -0.493 e. The molecule has 0 aromatic heterocycles. The molecule has 2 unspecified atom stereocenters. The number of para-hydroxylation sites is 1. The molecule has 160 valence electrons. The van der Waals surface area contributed by atoms with Crippen molar-refractivity contribution in [2.45, 2.75) is 39.2 Å². The number of hydrogen-bond donors (Lipinski definition) is 0. The Morgan fingerprint density at radius 1 is 1.20 bits per heavy atom. The van der Waals surface area contributed by atoms with Gasteiger partial charge in [-0.05, 0) is 68.6 Å². The molecule has 0 amide bonds. The van der Waals surface area contributed by atoms with Crippen molar-refractivity contribution in [1.82, 2.24) is 4.90 Å². The quantitative estimate of drug-likeness (QED) is 0.389. The lowest BCUT2D eigenvalue weighted by molar-refractivity contribution is 0.0729. The van der Waals surface area contributed by atoms with Crippen LogP contribution < -0.4 is 14.4 Å². The van der Waals surface area contributed by atoms with Gasteiger partial charge in [0.15, 0.2) is 0 Å². The van der Waals surface area contributed by atoms with E-state index >= 15 is 0 Å². The van der Waals surface area contributed by atoms with Crippen molar-refractivity contribution in [3.05, 3.63) is 53.1 Å². The molecule has 2 aliphatic heterocycles. The average Bonchev–Trinajstić information content (AvgIpc) is 3.09. The van der Waals surface area contributed by atoms with Gasteiger partial charge in [0.05, 0.1) is 6.61 Å². The van der Waals surface area contributed by atoms with Crippen LogP contribution in [-0.2, 0) is 0 Å². The first-order valence-electron chi connectivity index (χ1n) is 11.0. The Morgan fingerprint density at radius 2 is 1.97 bits per heavy atom. The SMILES string of the molecule is CCCCOc1cc2c(c(C)c1C(=O)Oc1ccccc1)N(C)CC1CCN(C)C21. The summed E-state index contributed by atoms with van der Waals surface area (Å²) in [6, 6.07) is 11.7. The molecule has 30 heavy (non-hydrogen) atoms. The first kappa shape index (κ1) is 20.7. The Kier molecular flexibility index (Phi) is 6.00. The van der Waals surface area contributed by atoms with Crippen LogP contribution in [0.5, 0.6) is 11.5 Å². The van der Waals surface area contributed by atoms with E-state index in [1.54, 1.807) is 12.1 Å². The average molecular weight is 409 g/mol. The molecule has 1 fully saturated rings. The van der Waals surface area contributed by atoms with Gasteiger partial charge in [0.1, 0.15) is 17.1 Å². The van der Waals surface area contributed by atoms with Crippen molar-refractivity contribution < 1.29 is 14.3 Å². The summed E-state index contributed by atoms with van der Waals surface area (Å²) in [5.41, 5.74) is 3.91. The van der Waals surface area contributed by atoms with Gasteiger partial charge in [0, 0.05) is 25.3 Å². The lowest BCUT2D eigenvalue weighted by Gasteiger charge is -2.40. The van der Waals surface area contributed by atoms with Crippen LogP contribution in [0.3, 0.4) is 0 Å². The van der Waals surface area contributed by atoms with Crippen LogP contribution in [0.1, 0.15) is 53.7 Å². The second kappa shape index (κ2) is 8.68. The van der Waals surface area contributed by atoms with Crippen molar-refractivity contribution in [2.75, 3.05) is 38.7 Å². The van der Waals surface area contributed by atoms with Gasteiger partial charge in [-0.1, -0.05) is 31.5 Å². The standard InChI is InChI=1S/C25H32N2O3/c1-5-6-14-29-21-15-20-23(27(4)16-18-12-13-26(3)24(18)20)17(2)22(21)25(28)30-19-10-8-7-9-11-19/h7-11,15,18,24H,5-6,12-14,16H2,1-4H3. The number of fused-ring (bicyclic) bond motifs is 3. The van der Waals surface area contributed by atoms with E-state index in [1.807, 2.05) is 25.1 Å². The second-order valence-corrected chi connectivity index (χ2v) is 8.57. The number of nitrogens with zero attached hydrogens (tertiary/aromatic N) is 2. The third-order valence-corrected chi connectivity index (χ3v) is 6.43. The predicted molar refractivity (Wildman–Crippen MR) is 120 cm³/mol. The summed E-state index contributed by atoms with van der Waals surface area (Å²) in [5, 5.41) is 0. The van der Waals surface area contributed by atoms with Gasteiger partial charge >= 0.3 is 5.97 Å². The molecular weight excluding hydrogens is 376 g/mol. The van der Waals surface area contributed by atoms with Gasteiger partial charge in [0.2, 0.25) is 0 Å². The van der Waals surface area contributed by atoms with Crippen molar-refractivity contribution >= 4 is 11.7 Å². The van der Waals surface area contributed by atoms with Crippen molar-refractivity contribution in [3.63, 3.8) is 0 Å². The minimum absolute atomic E-state index is 0.358. The highest BCUT2D eigenvalue weighted by Gasteiger charge is 2.41. The number of ether oxygens (including phenoxy) is 2. The number of likely N-dealkylation sites (tertiary alicyclic amines) is 1. The summed E-state index contributed by atoms with van der Waals surface area (Å²) in [5.74, 6) is 1.44. The summed E-state index contributed by atoms with van der Waals surface area (Å²) in [4.78, 5) is 18.0. The fourth-order valence-electron chi connectivity index (χ4n) is 5.03. The van der Waals surface area contributed by atoms with Crippen molar-refractivity contribution in [2.24, 2.45) is 5.92 Å². The monoisotopic (exact) mass is 408 g/mol. The van der Waals surface area contributed by atoms with Crippen LogP contribution in [0.15, 0.2) is 36.4 Å². The highest BCUT2D eigenvalue weighted by molar-refractivity contribution is 5.98. The zero-order valence-electron chi connectivity index (χ0n) is 18.5. The zero-order chi connectivity index (χ0) is 21.3. The van der Waals surface area contributed by atoms with E-state index in [4.69, 9.17) is 9.47 Å². The van der Waals surface area contributed by atoms with E-state index in [9.17, 15) is 4.79 Å². The maximum atomic E-state index is 13.2. The van der Waals surface area contributed by atoms with Crippen LogP contribution in [-0.4, -0.2) is 44.7 Å². The van der Waals surface area contributed by atoms with E-state index < -0.39 is 0 Å². The highest BCUT2D eigenvalue weighted by Crippen LogP contribution is 2.48. The summed E-state index contributed by atoms with van der Waals surface area (Å²) in [7, 11) is 4.33. The van der Waals surface area contributed by atoms with Gasteiger partial charge in [-0.25, -0.2) is 4.79 Å². The molecule has 0 N–H and O–H groups in total. The molecule has 0 spiro atoms. The van der Waals surface area contributed by atoms with Crippen LogP contribution in [0.25, 0.3) is 0 Å². The van der Waals surface area contributed by atoms with Gasteiger partial charge in [-0.15, -0.1) is 0 Å². The normalized spacial score (nSPS) is 20.6. The molecule has 2 atom stereocenters. The Balaban J connectivity index is 1.78. The predicted octanol–water partition coefficient (Wildman–Crippen LogP) is 4.84. The number of anilines is 1. The van der Waals surface area contributed by atoms with E-state index in [2.05, 4.69) is 36.9 Å². The maximum absolute atomic E-state index is 13.2. The number of esters is 1. The molecule has 0 saturated carbocycles. The fourth-order valence-corrected chi connectivity index (χ4v) is 5.03. The first-order valence-corrected chi connectivity index (χ1v) is 11.0. The topological polar surface area (TPSA) is 42.0 Å². The van der Waals surface area contributed by atoms with E-state index in [1.165, 1.54) is 12.0 Å². The fraction of sp³-hybridized carbons (Fsp3) is 0.480. The molecule has 2 aromatic rings. The molecule has 0 bridgehead atoms. The number of rotatable bonds is 6. The highest BCUT2D eigenvalue weighted by atomic mass is 16.5.